The van der Waals surface area contributed by atoms with Crippen LogP contribution in [0.3, 0.4) is 0 Å². The topological polar surface area (TPSA) is 97.4 Å². The smallest absolute Gasteiger partial charge is 0.330 e. The SMILES string of the molecule is CCOC(=O)/C=C/c1ccc(NC(=O)c2cccc(NC(=O)c3cccnc3)c2)cc1. The van der Waals surface area contributed by atoms with Crippen molar-refractivity contribution in [2.24, 2.45) is 0 Å². The predicted molar refractivity (Wildman–Crippen MR) is 119 cm³/mol. The van der Waals surface area contributed by atoms with Crippen LogP contribution in [0.1, 0.15) is 33.2 Å². The summed E-state index contributed by atoms with van der Waals surface area (Å²) in [6.45, 7) is 2.07. The predicted octanol–water partition coefficient (Wildman–Crippen LogP) is 4.16. The van der Waals surface area contributed by atoms with Gasteiger partial charge in [0.2, 0.25) is 0 Å². The summed E-state index contributed by atoms with van der Waals surface area (Å²) in [5.41, 5.74) is 2.72. The molecule has 1 aromatic heterocycles. The maximum absolute atomic E-state index is 12.6. The fourth-order valence-electron chi connectivity index (χ4n) is 2.67. The van der Waals surface area contributed by atoms with E-state index in [-0.39, 0.29) is 11.8 Å². The fraction of sp³-hybridized carbons (Fsp3) is 0.0833. The number of benzene rings is 2. The number of aromatic nitrogens is 1. The number of esters is 1. The van der Waals surface area contributed by atoms with Crippen molar-refractivity contribution in [2.75, 3.05) is 17.2 Å². The summed E-state index contributed by atoms with van der Waals surface area (Å²) in [6, 6.07) is 17.0. The van der Waals surface area contributed by atoms with Gasteiger partial charge in [-0.25, -0.2) is 4.79 Å². The minimum atomic E-state index is -0.407. The van der Waals surface area contributed by atoms with Crippen molar-refractivity contribution in [3.8, 4) is 0 Å². The summed E-state index contributed by atoms with van der Waals surface area (Å²) in [5.74, 6) is -1.03. The van der Waals surface area contributed by atoms with E-state index in [0.717, 1.165) is 5.56 Å². The maximum atomic E-state index is 12.6. The molecule has 0 fully saturated rings. The van der Waals surface area contributed by atoms with Gasteiger partial charge in [0.05, 0.1) is 12.2 Å². The molecule has 2 N–H and O–H groups in total. The average molecular weight is 415 g/mol. The normalized spacial score (nSPS) is 10.5. The molecule has 0 aliphatic rings. The molecule has 1 heterocycles. The number of carbonyl (C=O) groups is 3. The van der Waals surface area contributed by atoms with E-state index in [0.29, 0.717) is 29.1 Å². The third-order valence-electron chi connectivity index (χ3n) is 4.17. The van der Waals surface area contributed by atoms with Gasteiger partial charge < -0.3 is 15.4 Å². The van der Waals surface area contributed by atoms with Crippen LogP contribution in [0.25, 0.3) is 6.08 Å². The second-order valence-corrected chi connectivity index (χ2v) is 6.44. The Morgan fingerprint density at radius 2 is 1.61 bits per heavy atom. The first-order valence-corrected chi connectivity index (χ1v) is 9.63. The Hall–Kier alpha value is -4.26. The van der Waals surface area contributed by atoms with Gasteiger partial charge in [-0.3, -0.25) is 14.6 Å². The molecule has 31 heavy (non-hydrogen) atoms. The van der Waals surface area contributed by atoms with Crippen LogP contribution in [0.2, 0.25) is 0 Å². The molecule has 2 aromatic carbocycles. The van der Waals surface area contributed by atoms with Gasteiger partial charge in [-0.1, -0.05) is 18.2 Å². The quantitative estimate of drug-likeness (QED) is 0.446. The van der Waals surface area contributed by atoms with E-state index in [1.165, 1.54) is 12.3 Å². The molecule has 2 amide bonds. The van der Waals surface area contributed by atoms with Gasteiger partial charge in [0.1, 0.15) is 0 Å². The lowest BCUT2D eigenvalue weighted by atomic mass is 10.1. The number of pyridine rings is 1. The molecular formula is C24H21N3O4. The molecule has 0 saturated heterocycles. The molecule has 0 aliphatic carbocycles. The Labute approximate surface area is 179 Å². The van der Waals surface area contributed by atoms with Crippen molar-refractivity contribution in [3.63, 3.8) is 0 Å². The van der Waals surface area contributed by atoms with E-state index in [1.54, 1.807) is 79.9 Å². The molecule has 0 radical (unpaired) electrons. The minimum Gasteiger partial charge on any atom is -0.463 e. The van der Waals surface area contributed by atoms with E-state index >= 15 is 0 Å². The largest absolute Gasteiger partial charge is 0.463 e. The zero-order valence-corrected chi connectivity index (χ0v) is 16.9. The lowest BCUT2D eigenvalue weighted by Gasteiger charge is -2.09. The van der Waals surface area contributed by atoms with Crippen molar-refractivity contribution in [3.05, 3.63) is 95.8 Å². The number of nitrogens with one attached hydrogen (secondary N) is 2. The molecule has 3 aromatic rings. The van der Waals surface area contributed by atoms with E-state index in [9.17, 15) is 14.4 Å². The molecule has 0 saturated carbocycles. The molecule has 7 heteroatoms. The Kier molecular flexibility index (Phi) is 7.26. The second kappa shape index (κ2) is 10.5. The van der Waals surface area contributed by atoms with Crippen LogP contribution in [0.15, 0.2) is 79.1 Å². The van der Waals surface area contributed by atoms with Gasteiger partial charge in [-0.2, -0.15) is 0 Å². The first-order chi connectivity index (χ1) is 15.0. The minimum absolute atomic E-state index is 0.308. The molecule has 0 aliphatic heterocycles. The van der Waals surface area contributed by atoms with Crippen LogP contribution in [-0.4, -0.2) is 29.4 Å². The van der Waals surface area contributed by atoms with Crippen molar-refractivity contribution in [1.82, 2.24) is 4.98 Å². The van der Waals surface area contributed by atoms with Crippen molar-refractivity contribution >= 4 is 35.2 Å². The standard InChI is InChI=1S/C24H21N3O4/c1-2-31-22(28)13-10-17-8-11-20(12-9-17)26-23(29)18-5-3-7-21(15-18)27-24(30)19-6-4-14-25-16-19/h3-16H,2H2,1H3,(H,26,29)(H,27,30)/b13-10+. The van der Waals surface area contributed by atoms with Crippen molar-refractivity contribution in [1.29, 1.82) is 0 Å². The number of carbonyl (C=O) groups excluding carboxylic acids is 3. The molecule has 7 nitrogen and oxygen atoms in total. The Morgan fingerprint density at radius 3 is 2.32 bits per heavy atom. The van der Waals surface area contributed by atoms with Crippen LogP contribution in [0, 0.1) is 0 Å². The van der Waals surface area contributed by atoms with Gasteiger partial charge in [-0.05, 0) is 61.0 Å². The van der Waals surface area contributed by atoms with Crippen LogP contribution in [-0.2, 0) is 9.53 Å². The number of rotatable bonds is 7. The second-order valence-electron chi connectivity index (χ2n) is 6.44. The van der Waals surface area contributed by atoms with E-state index in [4.69, 9.17) is 4.74 Å². The number of hydrogen-bond donors (Lipinski definition) is 2. The number of hydrogen-bond acceptors (Lipinski definition) is 5. The van der Waals surface area contributed by atoms with Crippen molar-refractivity contribution < 1.29 is 19.1 Å². The molecule has 156 valence electrons. The number of anilines is 2. The molecule has 0 atom stereocenters. The fourth-order valence-corrected chi connectivity index (χ4v) is 2.67. The van der Waals surface area contributed by atoms with Gasteiger partial charge in [0.15, 0.2) is 0 Å². The van der Waals surface area contributed by atoms with E-state index in [2.05, 4.69) is 15.6 Å². The summed E-state index contributed by atoms with van der Waals surface area (Å²) >= 11 is 0. The number of ether oxygens (including phenoxy) is 1. The third-order valence-corrected chi connectivity index (χ3v) is 4.17. The van der Waals surface area contributed by atoms with Crippen LogP contribution < -0.4 is 10.6 Å². The van der Waals surface area contributed by atoms with Gasteiger partial charge in [0, 0.05) is 35.4 Å². The van der Waals surface area contributed by atoms with Gasteiger partial charge in [-0.15, -0.1) is 0 Å². The highest BCUT2D eigenvalue weighted by molar-refractivity contribution is 6.07. The third kappa shape index (κ3) is 6.37. The zero-order chi connectivity index (χ0) is 22.1. The lowest BCUT2D eigenvalue weighted by Crippen LogP contribution is -2.14. The van der Waals surface area contributed by atoms with Crippen LogP contribution >= 0.6 is 0 Å². The van der Waals surface area contributed by atoms with Crippen LogP contribution in [0.4, 0.5) is 11.4 Å². The first-order valence-electron chi connectivity index (χ1n) is 9.63. The summed E-state index contributed by atoms with van der Waals surface area (Å²) in [6.07, 6.45) is 6.04. The number of nitrogens with zero attached hydrogens (tertiary/aromatic N) is 1. The summed E-state index contributed by atoms with van der Waals surface area (Å²) in [4.78, 5) is 40.1. The van der Waals surface area contributed by atoms with Gasteiger partial charge >= 0.3 is 5.97 Å². The summed E-state index contributed by atoms with van der Waals surface area (Å²) in [7, 11) is 0. The lowest BCUT2D eigenvalue weighted by molar-refractivity contribution is -0.137. The Bertz CT molecular complexity index is 1090. The maximum Gasteiger partial charge on any atom is 0.330 e. The highest BCUT2D eigenvalue weighted by Gasteiger charge is 2.10. The summed E-state index contributed by atoms with van der Waals surface area (Å²) in [5, 5.41) is 5.56. The Morgan fingerprint density at radius 1 is 0.903 bits per heavy atom. The molecular weight excluding hydrogens is 394 g/mol. The number of amides is 2. The molecule has 0 unspecified atom stereocenters. The van der Waals surface area contributed by atoms with E-state index in [1.807, 2.05) is 0 Å². The molecule has 0 spiro atoms. The molecule has 3 rings (SSSR count). The van der Waals surface area contributed by atoms with Crippen molar-refractivity contribution in [2.45, 2.75) is 6.92 Å². The van der Waals surface area contributed by atoms with E-state index < -0.39 is 5.97 Å². The van der Waals surface area contributed by atoms with Gasteiger partial charge in [0.25, 0.3) is 11.8 Å². The first kappa shape index (κ1) is 21.4. The van der Waals surface area contributed by atoms with Crippen LogP contribution in [0.5, 0.6) is 0 Å². The summed E-state index contributed by atoms with van der Waals surface area (Å²) < 4.78 is 4.84. The average Bonchev–Trinajstić information content (AvgIpc) is 2.79. The Balaban J connectivity index is 1.62. The molecule has 0 bridgehead atoms. The zero-order valence-electron chi connectivity index (χ0n) is 16.9. The highest BCUT2D eigenvalue weighted by atomic mass is 16.5. The highest BCUT2D eigenvalue weighted by Crippen LogP contribution is 2.16. The monoisotopic (exact) mass is 415 g/mol.